The van der Waals surface area contributed by atoms with Crippen molar-refractivity contribution in [1.29, 1.82) is 5.41 Å². The van der Waals surface area contributed by atoms with E-state index in [1.807, 2.05) is 24.6 Å². The standard InChI is InChI=1S/C18H19FN6/c1-11-9-25(18-16(11)17(21)23-10-24-18)12(2)13(7-20)8-22-15-6-4-3-5-14(15)19/h3-10,12,20,22H,1-2H3,(H2,21,23,24)/b13-8+,20-7?. The average Bonchev–Trinajstić information content (AvgIpc) is 2.95. The lowest BCUT2D eigenvalue weighted by Gasteiger charge is -2.16. The number of para-hydroxylation sites is 1. The highest BCUT2D eigenvalue weighted by molar-refractivity contribution is 5.90. The molecule has 0 saturated heterocycles. The molecule has 0 fully saturated rings. The number of nitrogens with one attached hydrogen (secondary N) is 2. The van der Waals surface area contributed by atoms with E-state index in [4.69, 9.17) is 11.1 Å². The predicted octanol–water partition coefficient (Wildman–Crippen LogP) is 3.67. The van der Waals surface area contributed by atoms with Gasteiger partial charge in [0.05, 0.1) is 17.1 Å². The molecule has 3 aromatic rings. The number of benzene rings is 1. The topological polar surface area (TPSA) is 92.6 Å². The van der Waals surface area contributed by atoms with Crippen molar-refractivity contribution < 1.29 is 4.39 Å². The third-order valence-corrected chi connectivity index (χ3v) is 4.16. The van der Waals surface area contributed by atoms with Gasteiger partial charge in [-0.2, -0.15) is 0 Å². The van der Waals surface area contributed by atoms with Crippen LogP contribution in [0.3, 0.4) is 0 Å². The first kappa shape index (κ1) is 16.6. The Hall–Kier alpha value is -3.22. The van der Waals surface area contributed by atoms with Gasteiger partial charge < -0.3 is 21.0 Å². The van der Waals surface area contributed by atoms with E-state index in [0.29, 0.717) is 22.7 Å². The molecule has 0 radical (unpaired) electrons. The van der Waals surface area contributed by atoms with Gasteiger partial charge in [-0.25, -0.2) is 14.4 Å². The van der Waals surface area contributed by atoms with E-state index < -0.39 is 0 Å². The Labute approximate surface area is 144 Å². The van der Waals surface area contributed by atoms with E-state index in [2.05, 4.69) is 15.3 Å². The van der Waals surface area contributed by atoms with Crippen molar-refractivity contribution in [2.75, 3.05) is 11.1 Å². The molecule has 0 aliphatic carbocycles. The van der Waals surface area contributed by atoms with E-state index in [1.165, 1.54) is 18.6 Å². The largest absolute Gasteiger partial charge is 0.383 e. The molecule has 2 aromatic heterocycles. The van der Waals surface area contributed by atoms with Gasteiger partial charge in [-0.15, -0.1) is 0 Å². The number of aromatic nitrogens is 3. The van der Waals surface area contributed by atoms with Crippen LogP contribution in [0, 0.1) is 18.2 Å². The third-order valence-electron chi connectivity index (χ3n) is 4.16. The van der Waals surface area contributed by atoms with Gasteiger partial charge in [0.1, 0.15) is 23.6 Å². The molecule has 0 aliphatic rings. The first-order chi connectivity index (χ1) is 12.0. The second kappa shape index (κ2) is 6.72. The fourth-order valence-electron chi connectivity index (χ4n) is 2.78. The monoisotopic (exact) mass is 338 g/mol. The number of hydrogen-bond acceptors (Lipinski definition) is 5. The molecule has 4 N–H and O–H groups in total. The van der Waals surface area contributed by atoms with E-state index in [-0.39, 0.29) is 11.9 Å². The van der Waals surface area contributed by atoms with Gasteiger partial charge in [-0.05, 0) is 31.5 Å². The summed E-state index contributed by atoms with van der Waals surface area (Å²) in [4.78, 5) is 8.35. The molecule has 0 saturated carbocycles. The highest BCUT2D eigenvalue weighted by Gasteiger charge is 2.16. The number of allylic oxidation sites excluding steroid dienone is 1. The van der Waals surface area contributed by atoms with Crippen LogP contribution in [0.15, 0.2) is 48.6 Å². The number of nitrogen functional groups attached to an aromatic ring is 1. The normalized spacial score (nSPS) is 13.0. The van der Waals surface area contributed by atoms with Crippen LogP contribution in [0.4, 0.5) is 15.9 Å². The average molecular weight is 338 g/mol. The molecule has 0 amide bonds. The number of aryl methyl sites for hydroxylation is 1. The van der Waals surface area contributed by atoms with Crippen molar-refractivity contribution >= 4 is 28.8 Å². The van der Waals surface area contributed by atoms with Gasteiger partial charge in [0, 0.05) is 24.2 Å². The summed E-state index contributed by atoms with van der Waals surface area (Å²) in [7, 11) is 0. The molecule has 0 bridgehead atoms. The van der Waals surface area contributed by atoms with Crippen molar-refractivity contribution in [3.05, 3.63) is 59.9 Å². The van der Waals surface area contributed by atoms with E-state index in [1.54, 1.807) is 24.4 Å². The maximum atomic E-state index is 13.7. The zero-order valence-electron chi connectivity index (χ0n) is 14.0. The molecule has 7 heteroatoms. The zero-order valence-corrected chi connectivity index (χ0v) is 14.0. The second-order valence-electron chi connectivity index (χ2n) is 5.77. The van der Waals surface area contributed by atoms with Crippen molar-refractivity contribution in [3.8, 4) is 0 Å². The predicted molar refractivity (Wildman–Crippen MR) is 98.3 cm³/mol. The summed E-state index contributed by atoms with van der Waals surface area (Å²) in [5, 5.41) is 11.4. The van der Waals surface area contributed by atoms with Crippen molar-refractivity contribution in [2.24, 2.45) is 0 Å². The molecular weight excluding hydrogens is 319 g/mol. The van der Waals surface area contributed by atoms with Crippen molar-refractivity contribution in [2.45, 2.75) is 19.9 Å². The van der Waals surface area contributed by atoms with Crippen LogP contribution in [-0.4, -0.2) is 20.7 Å². The highest BCUT2D eigenvalue weighted by atomic mass is 19.1. The summed E-state index contributed by atoms with van der Waals surface area (Å²) in [6.07, 6.45) is 6.22. The zero-order chi connectivity index (χ0) is 18.0. The quantitative estimate of drug-likeness (QED) is 0.619. The SMILES string of the molecule is Cc1cn(C(C)/C(C=N)=C/Nc2ccccc2F)c2ncnc(N)c12. The molecule has 25 heavy (non-hydrogen) atoms. The number of anilines is 2. The van der Waals surface area contributed by atoms with Crippen molar-refractivity contribution in [1.82, 2.24) is 14.5 Å². The number of hydrogen-bond donors (Lipinski definition) is 3. The Balaban J connectivity index is 1.97. The number of nitrogens with two attached hydrogens (primary N) is 1. The van der Waals surface area contributed by atoms with Crippen LogP contribution in [0.1, 0.15) is 18.5 Å². The Morgan fingerprint density at radius 3 is 2.84 bits per heavy atom. The van der Waals surface area contributed by atoms with E-state index in [9.17, 15) is 4.39 Å². The highest BCUT2D eigenvalue weighted by Crippen LogP contribution is 2.28. The lowest BCUT2D eigenvalue weighted by Crippen LogP contribution is -2.10. The Kier molecular flexibility index (Phi) is 4.47. The summed E-state index contributed by atoms with van der Waals surface area (Å²) < 4.78 is 15.7. The smallest absolute Gasteiger partial charge is 0.146 e. The Bertz CT molecular complexity index is 959. The van der Waals surface area contributed by atoms with Gasteiger partial charge in [-0.3, -0.25) is 0 Å². The number of fused-ring (bicyclic) bond motifs is 1. The van der Waals surface area contributed by atoms with Crippen LogP contribution in [0.25, 0.3) is 11.0 Å². The van der Waals surface area contributed by atoms with Gasteiger partial charge >= 0.3 is 0 Å². The molecule has 1 aromatic carbocycles. The van der Waals surface area contributed by atoms with Crippen LogP contribution in [-0.2, 0) is 0 Å². The molecule has 3 rings (SSSR count). The molecule has 6 nitrogen and oxygen atoms in total. The maximum Gasteiger partial charge on any atom is 0.146 e. The molecule has 1 atom stereocenters. The van der Waals surface area contributed by atoms with Crippen LogP contribution in [0.2, 0.25) is 0 Å². The number of halogens is 1. The fraction of sp³-hybridized carbons (Fsp3) is 0.167. The lowest BCUT2D eigenvalue weighted by molar-refractivity contribution is 0.631. The van der Waals surface area contributed by atoms with Crippen LogP contribution < -0.4 is 11.1 Å². The van der Waals surface area contributed by atoms with Crippen molar-refractivity contribution in [3.63, 3.8) is 0 Å². The Morgan fingerprint density at radius 1 is 1.36 bits per heavy atom. The number of rotatable bonds is 5. The van der Waals surface area contributed by atoms with E-state index in [0.717, 1.165) is 10.9 Å². The number of nitrogens with zero attached hydrogens (tertiary/aromatic N) is 3. The molecule has 1 unspecified atom stereocenters. The van der Waals surface area contributed by atoms with Gasteiger partial charge in [0.2, 0.25) is 0 Å². The summed E-state index contributed by atoms with van der Waals surface area (Å²) in [6, 6.07) is 6.20. The second-order valence-corrected chi connectivity index (χ2v) is 5.77. The van der Waals surface area contributed by atoms with E-state index >= 15 is 0 Å². The van der Waals surface area contributed by atoms with Crippen LogP contribution >= 0.6 is 0 Å². The van der Waals surface area contributed by atoms with Crippen LogP contribution in [0.5, 0.6) is 0 Å². The first-order valence-corrected chi connectivity index (χ1v) is 7.82. The summed E-state index contributed by atoms with van der Waals surface area (Å²) >= 11 is 0. The maximum absolute atomic E-state index is 13.7. The first-order valence-electron chi connectivity index (χ1n) is 7.82. The van der Waals surface area contributed by atoms with Gasteiger partial charge in [-0.1, -0.05) is 12.1 Å². The summed E-state index contributed by atoms with van der Waals surface area (Å²) in [6.45, 7) is 3.88. The fourth-order valence-corrected chi connectivity index (χ4v) is 2.78. The third kappa shape index (κ3) is 3.08. The minimum atomic E-state index is -0.349. The molecule has 0 spiro atoms. The van der Waals surface area contributed by atoms with Gasteiger partial charge in [0.25, 0.3) is 0 Å². The lowest BCUT2D eigenvalue weighted by atomic mass is 10.1. The summed E-state index contributed by atoms with van der Waals surface area (Å²) in [5.74, 6) is 0.0804. The molecule has 2 heterocycles. The minimum absolute atomic E-state index is 0.192. The minimum Gasteiger partial charge on any atom is -0.383 e. The molecule has 128 valence electrons. The van der Waals surface area contributed by atoms with Gasteiger partial charge in [0.15, 0.2) is 0 Å². The molecular formula is C18H19FN6. The summed E-state index contributed by atoms with van der Waals surface area (Å²) in [5.41, 5.74) is 8.64. The Morgan fingerprint density at radius 2 is 2.12 bits per heavy atom. The molecule has 0 aliphatic heterocycles.